The van der Waals surface area contributed by atoms with Crippen molar-refractivity contribution in [3.8, 4) is 11.5 Å². The summed E-state index contributed by atoms with van der Waals surface area (Å²) >= 11 is 6.67. The van der Waals surface area contributed by atoms with Crippen molar-refractivity contribution in [3.63, 3.8) is 0 Å². The third-order valence-corrected chi connectivity index (χ3v) is 5.70. The highest BCUT2D eigenvalue weighted by Crippen LogP contribution is 2.38. The maximum Gasteiger partial charge on any atom is 0.288 e. The maximum atomic E-state index is 11.1. The highest BCUT2D eigenvalue weighted by atomic mass is 35.5. The second-order valence-corrected chi connectivity index (χ2v) is 8.54. The number of nitro groups is 2. The number of phenolic OH excluding ortho intramolecular Hbond substituents is 2. The van der Waals surface area contributed by atoms with Gasteiger partial charge in [0.15, 0.2) is 0 Å². The van der Waals surface area contributed by atoms with Gasteiger partial charge >= 0.3 is 0 Å². The Kier molecular flexibility index (Phi) is 8.82. The predicted molar refractivity (Wildman–Crippen MR) is 129 cm³/mol. The largest absolute Gasteiger partial charge is 0.508 e. The minimum absolute atomic E-state index is 0.0166. The van der Waals surface area contributed by atoms with Crippen molar-refractivity contribution < 1.29 is 24.9 Å². The van der Waals surface area contributed by atoms with Gasteiger partial charge in [0, 0.05) is 41.8 Å². The van der Waals surface area contributed by atoms with Crippen LogP contribution < -0.4 is 5.32 Å². The summed E-state index contributed by atoms with van der Waals surface area (Å²) in [5.41, 5.74) is 1.31. The van der Waals surface area contributed by atoms with Gasteiger partial charge in [-0.15, -0.1) is 0 Å². The molecule has 3 aromatic carbocycles. The van der Waals surface area contributed by atoms with Gasteiger partial charge in [-0.1, -0.05) is 23.4 Å². The number of aromatic hydroxyl groups is 2. The van der Waals surface area contributed by atoms with Gasteiger partial charge in [0.25, 0.3) is 11.4 Å². The van der Waals surface area contributed by atoms with Gasteiger partial charge < -0.3 is 15.5 Å². The van der Waals surface area contributed by atoms with Crippen LogP contribution in [0.1, 0.15) is 18.1 Å². The second-order valence-electron chi connectivity index (χ2n) is 7.02. The fourth-order valence-corrected chi connectivity index (χ4v) is 3.78. The lowest BCUT2D eigenvalue weighted by molar-refractivity contribution is -0.387. The third-order valence-electron chi connectivity index (χ3n) is 4.34. The molecule has 3 rings (SSSR count). The van der Waals surface area contributed by atoms with Crippen molar-refractivity contribution >= 4 is 46.3 Å². The fraction of sp³-hybridized carbons (Fsp3) is 0.136. The van der Waals surface area contributed by atoms with Crippen LogP contribution in [0.15, 0.2) is 58.3 Å². The number of hydrogen-bond acceptors (Lipinski definition) is 8. The van der Waals surface area contributed by atoms with Crippen LogP contribution in [0.25, 0.3) is 0 Å². The Morgan fingerprint density at radius 2 is 1.41 bits per heavy atom. The molecule has 0 aromatic heterocycles. The summed E-state index contributed by atoms with van der Waals surface area (Å²) in [6.07, 6.45) is 0. The van der Waals surface area contributed by atoms with Crippen molar-refractivity contribution in [2.75, 3.05) is 5.32 Å². The Hall–Kier alpha value is -3.83. The van der Waals surface area contributed by atoms with E-state index in [-0.39, 0.29) is 33.8 Å². The highest BCUT2D eigenvalue weighted by Gasteiger charge is 2.18. The molecule has 0 saturated carbocycles. The Morgan fingerprint density at radius 3 is 1.91 bits per heavy atom. The number of amides is 1. The first-order valence-corrected chi connectivity index (χ1v) is 10.8. The van der Waals surface area contributed by atoms with E-state index >= 15 is 0 Å². The molecule has 3 aromatic rings. The number of aryl methyl sites for hydroxylation is 2. The van der Waals surface area contributed by atoms with Gasteiger partial charge in [-0.05, 0) is 49.2 Å². The molecule has 178 valence electrons. The van der Waals surface area contributed by atoms with Crippen molar-refractivity contribution in [3.05, 3.63) is 84.9 Å². The molecule has 34 heavy (non-hydrogen) atoms. The molecular formula is C22H20ClN3O7S. The monoisotopic (exact) mass is 505 g/mol. The number of nitrogens with one attached hydrogen (secondary N) is 1. The molecule has 0 aliphatic heterocycles. The van der Waals surface area contributed by atoms with Crippen LogP contribution in [0.4, 0.5) is 17.1 Å². The molecule has 0 aliphatic rings. The van der Waals surface area contributed by atoms with E-state index in [1.807, 2.05) is 0 Å². The third kappa shape index (κ3) is 7.09. The van der Waals surface area contributed by atoms with Gasteiger partial charge in [-0.2, -0.15) is 0 Å². The van der Waals surface area contributed by atoms with E-state index < -0.39 is 9.85 Å². The number of hydrogen-bond donors (Lipinski definition) is 3. The maximum absolute atomic E-state index is 11.1. The zero-order chi connectivity index (χ0) is 25.6. The summed E-state index contributed by atoms with van der Waals surface area (Å²) < 4.78 is 0. The molecule has 0 aliphatic carbocycles. The Bertz CT molecular complexity index is 1250. The first-order chi connectivity index (χ1) is 15.9. The number of rotatable bonds is 5. The van der Waals surface area contributed by atoms with Gasteiger partial charge in [0.05, 0.1) is 14.7 Å². The van der Waals surface area contributed by atoms with Crippen LogP contribution in [0.5, 0.6) is 11.5 Å². The van der Waals surface area contributed by atoms with Crippen LogP contribution in [0.2, 0.25) is 5.02 Å². The number of carbonyl (C=O) groups is 1. The molecule has 1 amide bonds. The molecule has 3 N–H and O–H groups in total. The number of benzene rings is 3. The average molecular weight is 506 g/mol. The number of carbonyl (C=O) groups excluding carboxylic acids is 1. The summed E-state index contributed by atoms with van der Waals surface area (Å²) in [4.78, 5) is 32.5. The van der Waals surface area contributed by atoms with E-state index in [1.54, 1.807) is 38.1 Å². The normalized spacial score (nSPS) is 10.1. The SMILES string of the molecule is CC(=O)Nc1ccc(Sc2cc(O)c(C)cc2[N+](=O)[O-])cc1.Cc1cc([N+](=O)[O-])c(Cl)cc1O. The predicted octanol–water partition coefficient (Wildman–Crippen LogP) is 5.98. The molecule has 0 atom stereocenters. The number of nitro benzene ring substituents is 2. The smallest absolute Gasteiger partial charge is 0.288 e. The van der Waals surface area contributed by atoms with Crippen molar-refractivity contribution in [2.45, 2.75) is 30.6 Å². The molecular weight excluding hydrogens is 486 g/mol. The van der Waals surface area contributed by atoms with E-state index in [1.165, 1.54) is 36.9 Å². The molecule has 0 heterocycles. The number of halogens is 1. The molecule has 0 unspecified atom stereocenters. The standard InChI is InChI=1S/C15H14N2O4S.C7H6ClNO3/c1-9-7-13(17(20)21)15(8-14(9)19)22-12-5-3-11(4-6-12)16-10(2)18;1-4-2-6(9(11)12)5(8)3-7(4)10/h3-8,19H,1-2H3,(H,16,18);2-3,10H,1H3. The average Bonchev–Trinajstić information content (AvgIpc) is 2.74. The highest BCUT2D eigenvalue weighted by molar-refractivity contribution is 7.99. The van der Waals surface area contributed by atoms with E-state index in [4.69, 9.17) is 16.7 Å². The van der Waals surface area contributed by atoms with Crippen molar-refractivity contribution in [2.24, 2.45) is 0 Å². The fourth-order valence-electron chi connectivity index (χ4n) is 2.62. The van der Waals surface area contributed by atoms with Crippen LogP contribution in [-0.4, -0.2) is 26.0 Å². The first-order valence-electron chi connectivity index (χ1n) is 9.56. The van der Waals surface area contributed by atoms with Crippen molar-refractivity contribution in [1.29, 1.82) is 0 Å². The molecule has 12 heteroatoms. The Labute approximate surface area is 203 Å². The first kappa shape index (κ1) is 26.4. The lowest BCUT2D eigenvalue weighted by Crippen LogP contribution is -2.05. The van der Waals surface area contributed by atoms with Crippen molar-refractivity contribution in [1.82, 2.24) is 0 Å². The summed E-state index contributed by atoms with van der Waals surface area (Å²) in [5.74, 6) is -0.187. The van der Waals surface area contributed by atoms with Gasteiger partial charge in [0.1, 0.15) is 16.5 Å². The van der Waals surface area contributed by atoms with Crippen LogP contribution in [0.3, 0.4) is 0 Å². The summed E-state index contributed by atoms with van der Waals surface area (Å²) in [7, 11) is 0. The zero-order valence-electron chi connectivity index (χ0n) is 18.2. The van der Waals surface area contributed by atoms with Crippen LogP contribution >= 0.6 is 23.4 Å². The van der Waals surface area contributed by atoms with E-state index in [9.17, 15) is 30.1 Å². The Balaban J connectivity index is 0.000000287. The summed E-state index contributed by atoms with van der Waals surface area (Å²) in [6, 6.07) is 12.1. The second kappa shape index (κ2) is 11.3. The topological polar surface area (TPSA) is 156 Å². The lowest BCUT2D eigenvalue weighted by atomic mass is 10.2. The molecule has 0 saturated heterocycles. The van der Waals surface area contributed by atoms with E-state index in [2.05, 4.69) is 5.32 Å². The van der Waals surface area contributed by atoms with E-state index in [0.29, 0.717) is 21.7 Å². The lowest BCUT2D eigenvalue weighted by Gasteiger charge is -2.07. The van der Waals surface area contributed by atoms with Crippen LogP contribution in [-0.2, 0) is 4.79 Å². The summed E-state index contributed by atoms with van der Waals surface area (Å²) in [6.45, 7) is 4.60. The van der Waals surface area contributed by atoms with Gasteiger partial charge in [-0.25, -0.2) is 0 Å². The number of nitrogens with zero attached hydrogens (tertiary/aromatic N) is 2. The number of anilines is 1. The molecule has 0 bridgehead atoms. The van der Waals surface area contributed by atoms with Gasteiger partial charge in [-0.3, -0.25) is 25.0 Å². The minimum atomic E-state index is -0.589. The van der Waals surface area contributed by atoms with Gasteiger partial charge in [0.2, 0.25) is 5.91 Å². The van der Waals surface area contributed by atoms with Crippen LogP contribution in [0, 0.1) is 34.1 Å². The molecule has 0 fully saturated rings. The minimum Gasteiger partial charge on any atom is -0.508 e. The summed E-state index contributed by atoms with van der Waals surface area (Å²) in [5, 5.41) is 42.9. The number of phenols is 2. The van der Waals surface area contributed by atoms with E-state index in [0.717, 1.165) is 11.0 Å². The zero-order valence-corrected chi connectivity index (χ0v) is 19.8. The molecule has 0 spiro atoms. The Morgan fingerprint density at radius 1 is 0.912 bits per heavy atom. The molecule has 10 nitrogen and oxygen atoms in total. The molecule has 0 radical (unpaired) electrons. The quantitative estimate of drug-likeness (QED) is 0.282.